The van der Waals surface area contributed by atoms with Crippen LogP contribution in [0.25, 0.3) is 0 Å². The van der Waals surface area contributed by atoms with Gasteiger partial charge in [0.2, 0.25) is 5.91 Å². The van der Waals surface area contributed by atoms with Crippen LogP contribution >= 0.6 is 12.2 Å². The molecule has 5 heteroatoms. The van der Waals surface area contributed by atoms with E-state index in [1.165, 1.54) is 0 Å². The van der Waals surface area contributed by atoms with Gasteiger partial charge in [0, 0.05) is 17.3 Å². The molecule has 0 aromatic heterocycles. The smallest absolute Gasteiger partial charge is 0.239 e. The largest absolute Gasteiger partial charge is 0.389 e. The summed E-state index contributed by atoms with van der Waals surface area (Å²) in [5.41, 5.74) is 8.28. The Morgan fingerprint density at radius 3 is 2.67 bits per heavy atom. The van der Waals surface area contributed by atoms with Gasteiger partial charge >= 0.3 is 0 Å². The van der Waals surface area contributed by atoms with E-state index in [2.05, 4.69) is 10.6 Å². The molecule has 4 N–H and O–H groups in total. The number of carbonyl (C=O) groups is 1. The van der Waals surface area contributed by atoms with Gasteiger partial charge in [-0.2, -0.15) is 0 Å². The van der Waals surface area contributed by atoms with Gasteiger partial charge in [0.1, 0.15) is 4.99 Å². The highest BCUT2D eigenvalue weighted by molar-refractivity contribution is 7.80. The molecule has 1 aromatic rings. The Labute approximate surface area is 113 Å². The molecule has 0 bridgehead atoms. The first-order chi connectivity index (χ1) is 8.40. The Morgan fingerprint density at radius 2 is 2.11 bits per heavy atom. The molecule has 0 unspecified atom stereocenters. The average Bonchev–Trinajstić information content (AvgIpc) is 2.25. The van der Waals surface area contributed by atoms with Crippen LogP contribution in [0.15, 0.2) is 18.2 Å². The first-order valence-electron chi connectivity index (χ1n) is 5.84. The van der Waals surface area contributed by atoms with Gasteiger partial charge in [-0.25, -0.2) is 0 Å². The van der Waals surface area contributed by atoms with E-state index in [1.807, 2.05) is 39.0 Å². The number of thiocarbonyl (C=S) groups is 1. The summed E-state index contributed by atoms with van der Waals surface area (Å²) in [6, 6.07) is 5.86. The van der Waals surface area contributed by atoms with E-state index in [1.54, 1.807) is 0 Å². The van der Waals surface area contributed by atoms with Crippen molar-refractivity contribution in [2.24, 2.45) is 5.73 Å². The van der Waals surface area contributed by atoms with E-state index in [4.69, 9.17) is 18.0 Å². The Bertz CT molecular complexity index is 458. The summed E-state index contributed by atoms with van der Waals surface area (Å²) in [6.07, 6.45) is 0. The van der Waals surface area contributed by atoms with Gasteiger partial charge in [0.05, 0.1) is 6.54 Å². The molecule has 0 aliphatic rings. The third-order valence-electron chi connectivity index (χ3n) is 2.33. The third-order valence-corrected chi connectivity index (χ3v) is 2.55. The molecule has 0 fully saturated rings. The highest BCUT2D eigenvalue weighted by Crippen LogP contribution is 2.17. The zero-order valence-electron chi connectivity index (χ0n) is 10.9. The maximum Gasteiger partial charge on any atom is 0.239 e. The summed E-state index contributed by atoms with van der Waals surface area (Å²) in [4.78, 5) is 11.9. The second-order valence-electron chi connectivity index (χ2n) is 4.49. The molecule has 0 aliphatic carbocycles. The first kappa shape index (κ1) is 14.4. The number of carbonyl (C=O) groups excluding carboxylic acids is 1. The summed E-state index contributed by atoms with van der Waals surface area (Å²) in [5, 5.41) is 5.87. The Kier molecular flexibility index (Phi) is 5.09. The number of rotatable bonds is 5. The Morgan fingerprint density at radius 1 is 1.44 bits per heavy atom. The van der Waals surface area contributed by atoms with E-state index >= 15 is 0 Å². The van der Waals surface area contributed by atoms with Crippen LogP contribution in [0.1, 0.15) is 25.0 Å². The minimum absolute atomic E-state index is 0.0552. The van der Waals surface area contributed by atoms with Gasteiger partial charge < -0.3 is 16.4 Å². The lowest BCUT2D eigenvalue weighted by molar-refractivity contribution is -0.119. The molecule has 0 heterocycles. The Balaban J connectivity index is 2.74. The standard InChI is InChI=1S/C13H19N3OS/c1-8(2)16-12(17)7-15-11-6-9(3)4-5-10(11)13(14)18/h4-6,8,15H,7H2,1-3H3,(H2,14,18)(H,16,17). The molecular formula is C13H19N3OS. The lowest BCUT2D eigenvalue weighted by atomic mass is 10.1. The number of benzene rings is 1. The lowest BCUT2D eigenvalue weighted by Gasteiger charge is -2.13. The SMILES string of the molecule is Cc1ccc(C(N)=S)c(NCC(=O)NC(C)C)c1. The molecule has 4 nitrogen and oxygen atoms in total. The fraction of sp³-hybridized carbons (Fsp3) is 0.385. The number of nitrogens with two attached hydrogens (primary N) is 1. The molecule has 1 amide bonds. The maximum atomic E-state index is 11.6. The predicted molar refractivity (Wildman–Crippen MR) is 78.8 cm³/mol. The summed E-state index contributed by atoms with van der Waals surface area (Å²) < 4.78 is 0. The molecule has 0 saturated heterocycles. The van der Waals surface area contributed by atoms with E-state index in [0.29, 0.717) is 4.99 Å². The fourth-order valence-electron chi connectivity index (χ4n) is 1.57. The fourth-order valence-corrected chi connectivity index (χ4v) is 1.75. The normalized spacial score (nSPS) is 10.2. The van der Waals surface area contributed by atoms with E-state index in [0.717, 1.165) is 16.8 Å². The van der Waals surface area contributed by atoms with Crippen molar-refractivity contribution in [3.63, 3.8) is 0 Å². The summed E-state index contributed by atoms with van der Waals surface area (Å²) >= 11 is 4.98. The van der Waals surface area contributed by atoms with Crippen molar-refractivity contribution >= 4 is 28.8 Å². The number of nitrogens with one attached hydrogen (secondary N) is 2. The average molecular weight is 265 g/mol. The molecule has 0 radical (unpaired) electrons. The van der Waals surface area contributed by atoms with Crippen LogP contribution in [-0.2, 0) is 4.79 Å². The van der Waals surface area contributed by atoms with E-state index in [-0.39, 0.29) is 18.5 Å². The third kappa shape index (κ3) is 4.33. The summed E-state index contributed by atoms with van der Waals surface area (Å²) in [6.45, 7) is 6.02. The second kappa shape index (κ2) is 6.35. The molecule has 1 aromatic carbocycles. The van der Waals surface area contributed by atoms with Crippen LogP contribution in [0.4, 0.5) is 5.69 Å². The summed E-state index contributed by atoms with van der Waals surface area (Å²) in [7, 11) is 0. The van der Waals surface area contributed by atoms with Crippen LogP contribution in [0, 0.1) is 6.92 Å². The Hall–Kier alpha value is -1.62. The number of hydrogen-bond acceptors (Lipinski definition) is 3. The second-order valence-corrected chi connectivity index (χ2v) is 4.93. The van der Waals surface area contributed by atoms with Gasteiger partial charge in [-0.15, -0.1) is 0 Å². The zero-order valence-corrected chi connectivity index (χ0v) is 11.7. The van der Waals surface area contributed by atoms with Crippen LogP contribution in [0.5, 0.6) is 0 Å². The first-order valence-corrected chi connectivity index (χ1v) is 6.24. The quantitative estimate of drug-likeness (QED) is 0.707. The van der Waals surface area contributed by atoms with Gasteiger partial charge in [0.25, 0.3) is 0 Å². The van der Waals surface area contributed by atoms with Crippen molar-refractivity contribution in [2.45, 2.75) is 26.8 Å². The van der Waals surface area contributed by atoms with Crippen LogP contribution in [0.2, 0.25) is 0 Å². The predicted octanol–water partition coefficient (Wildman–Crippen LogP) is 1.57. The van der Waals surface area contributed by atoms with E-state index < -0.39 is 0 Å². The molecule has 98 valence electrons. The lowest BCUT2D eigenvalue weighted by Crippen LogP contribution is -2.35. The van der Waals surface area contributed by atoms with Crippen molar-refractivity contribution in [1.29, 1.82) is 0 Å². The molecular weight excluding hydrogens is 246 g/mol. The van der Waals surface area contributed by atoms with Crippen LogP contribution in [-0.4, -0.2) is 23.5 Å². The van der Waals surface area contributed by atoms with Gasteiger partial charge in [-0.05, 0) is 38.5 Å². The van der Waals surface area contributed by atoms with Crippen molar-refractivity contribution in [3.8, 4) is 0 Å². The highest BCUT2D eigenvalue weighted by atomic mass is 32.1. The van der Waals surface area contributed by atoms with Crippen molar-refractivity contribution in [3.05, 3.63) is 29.3 Å². The molecule has 0 spiro atoms. The van der Waals surface area contributed by atoms with Crippen molar-refractivity contribution in [1.82, 2.24) is 5.32 Å². The van der Waals surface area contributed by atoms with E-state index in [9.17, 15) is 4.79 Å². The molecule has 18 heavy (non-hydrogen) atoms. The number of anilines is 1. The highest BCUT2D eigenvalue weighted by Gasteiger charge is 2.08. The number of aryl methyl sites for hydroxylation is 1. The van der Waals surface area contributed by atoms with Crippen LogP contribution < -0.4 is 16.4 Å². The number of amides is 1. The zero-order chi connectivity index (χ0) is 13.7. The van der Waals surface area contributed by atoms with Gasteiger partial charge in [-0.3, -0.25) is 4.79 Å². The maximum absolute atomic E-state index is 11.6. The van der Waals surface area contributed by atoms with Crippen molar-refractivity contribution in [2.75, 3.05) is 11.9 Å². The van der Waals surface area contributed by atoms with Gasteiger partial charge in [0.15, 0.2) is 0 Å². The minimum Gasteiger partial charge on any atom is -0.389 e. The molecule has 0 atom stereocenters. The topological polar surface area (TPSA) is 67.1 Å². The molecule has 0 aliphatic heterocycles. The summed E-state index contributed by atoms with van der Waals surface area (Å²) in [5.74, 6) is -0.0552. The number of hydrogen-bond donors (Lipinski definition) is 3. The van der Waals surface area contributed by atoms with Crippen molar-refractivity contribution < 1.29 is 4.79 Å². The minimum atomic E-state index is -0.0552. The molecule has 1 rings (SSSR count). The van der Waals surface area contributed by atoms with Crippen LogP contribution in [0.3, 0.4) is 0 Å². The molecule has 0 saturated carbocycles. The van der Waals surface area contributed by atoms with Gasteiger partial charge in [-0.1, -0.05) is 18.3 Å². The monoisotopic (exact) mass is 265 g/mol.